The fourth-order valence-corrected chi connectivity index (χ4v) is 3.06. The Morgan fingerprint density at radius 3 is 2.74 bits per heavy atom. The Labute approximate surface area is 145 Å². The fourth-order valence-electron chi connectivity index (χ4n) is 2.33. The lowest BCUT2D eigenvalue weighted by Crippen LogP contribution is -2.38. The predicted molar refractivity (Wildman–Crippen MR) is 87.1 cm³/mol. The van der Waals surface area contributed by atoms with Gasteiger partial charge in [0.05, 0.1) is 16.7 Å². The van der Waals surface area contributed by atoms with E-state index in [0.717, 1.165) is 6.07 Å². The molecule has 2 rings (SSSR count). The Balaban J connectivity index is 2.21. The van der Waals surface area contributed by atoms with Crippen LogP contribution in [0.4, 0.5) is 19.0 Å². The lowest BCUT2D eigenvalue weighted by Gasteiger charge is -2.15. The van der Waals surface area contributed by atoms with Crippen molar-refractivity contribution in [2.45, 2.75) is 36.2 Å². The third-order valence-corrected chi connectivity index (χ3v) is 5.18. The average Bonchev–Trinajstić information content (AvgIpc) is 2.80. The van der Waals surface area contributed by atoms with Crippen molar-refractivity contribution in [1.29, 1.82) is 0 Å². The van der Waals surface area contributed by atoms with E-state index in [4.69, 9.17) is 4.74 Å². The Kier molecular flexibility index (Phi) is 5.84. The lowest BCUT2D eigenvalue weighted by molar-refractivity contribution is -0.141. The van der Waals surface area contributed by atoms with Crippen molar-refractivity contribution in [3.63, 3.8) is 0 Å². The zero-order valence-corrected chi connectivity index (χ0v) is 14.7. The van der Waals surface area contributed by atoms with Gasteiger partial charge < -0.3 is 10.1 Å². The van der Waals surface area contributed by atoms with Gasteiger partial charge in [0.25, 0.3) is 0 Å². The second-order valence-corrected chi connectivity index (χ2v) is 6.80. The molecule has 0 radical (unpaired) electrons. The van der Waals surface area contributed by atoms with E-state index in [1.165, 1.54) is 13.2 Å². The summed E-state index contributed by atoms with van der Waals surface area (Å²) in [7, 11) is 1.42. The summed E-state index contributed by atoms with van der Waals surface area (Å²) < 4.78 is 43.5. The van der Waals surface area contributed by atoms with Crippen LogP contribution in [0.1, 0.15) is 24.6 Å². The minimum absolute atomic E-state index is 0.0597. The highest BCUT2D eigenvalue weighted by molar-refractivity contribution is 14.1. The predicted octanol–water partition coefficient (Wildman–Crippen LogP) is 2.94. The van der Waals surface area contributed by atoms with Crippen molar-refractivity contribution < 1.29 is 22.7 Å². The quantitative estimate of drug-likeness (QED) is 0.427. The van der Waals surface area contributed by atoms with Crippen molar-refractivity contribution in [3.05, 3.63) is 23.4 Å². The van der Waals surface area contributed by atoms with Gasteiger partial charge in [0, 0.05) is 12.7 Å². The summed E-state index contributed by atoms with van der Waals surface area (Å²) in [4.78, 5) is 15.8. The molecule has 1 aromatic heterocycles. The van der Waals surface area contributed by atoms with E-state index in [9.17, 15) is 18.0 Å². The van der Waals surface area contributed by atoms with Crippen LogP contribution in [0.5, 0.6) is 0 Å². The standard InChI is InChI=1S/C14H17F3IN3O2/c1-7-5-9(19-11(7)18)13(22)21-12-8(6-23-2)3-4-10(20-12)14(15,16)17/h3-4,7,9,11,19H,5-6H2,1-2H3,(H,20,21,22)/t7-,9-,11-/m0/s1. The number of halogens is 4. The first kappa shape index (κ1) is 18.4. The monoisotopic (exact) mass is 443 g/mol. The molecule has 1 fully saturated rings. The van der Waals surface area contributed by atoms with Gasteiger partial charge in [-0.25, -0.2) is 4.98 Å². The van der Waals surface area contributed by atoms with Crippen LogP contribution in [0.2, 0.25) is 0 Å². The highest BCUT2D eigenvalue weighted by atomic mass is 127. The van der Waals surface area contributed by atoms with Gasteiger partial charge in [0.1, 0.15) is 11.5 Å². The van der Waals surface area contributed by atoms with Gasteiger partial charge in [-0.05, 0) is 18.4 Å². The lowest BCUT2D eigenvalue weighted by atomic mass is 10.1. The number of hydrogen-bond acceptors (Lipinski definition) is 4. The summed E-state index contributed by atoms with van der Waals surface area (Å²) in [5.74, 6) is -0.197. The zero-order chi connectivity index (χ0) is 17.2. The number of pyridine rings is 1. The molecule has 1 saturated heterocycles. The van der Waals surface area contributed by atoms with Crippen molar-refractivity contribution >= 4 is 34.3 Å². The molecule has 0 spiro atoms. The zero-order valence-electron chi connectivity index (χ0n) is 12.6. The smallest absolute Gasteiger partial charge is 0.380 e. The molecule has 128 valence electrons. The molecule has 2 heterocycles. The molecule has 3 atom stereocenters. The number of rotatable bonds is 4. The maximum absolute atomic E-state index is 12.8. The molecule has 0 bridgehead atoms. The van der Waals surface area contributed by atoms with Crippen molar-refractivity contribution in [2.75, 3.05) is 12.4 Å². The number of anilines is 1. The molecule has 9 heteroatoms. The first-order valence-corrected chi connectivity index (χ1v) is 8.24. The molecule has 0 aromatic carbocycles. The van der Waals surface area contributed by atoms with Crippen LogP contribution in [0.15, 0.2) is 12.1 Å². The normalized spacial score (nSPS) is 24.7. The van der Waals surface area contributed by atoms with E-state index < -0.39 is 17.9 Å². The van der Waals surface area contributed by atoms with Crippen LogP contribution in [0.25, 0.3) is 0 Å². The van der Waals surface area contributed by atoms with E-state index in [0.29, 0.717) is 17.9 Å². The Bertz CT molecular complexity index is 573. The molecular weight excluding hydrogens is 426 g/mol. The molecule has 0 saturated carbocycles. The summed E-state index contributed by atoms with van der Waals surface area (Å²) >= 11 is 2.20. The number of carbonyl (C=O) groups excluding carboxylic acids is 1. The molecule has 0 unspecified atom stereocenters. The van der Waals surface area contributed by atoms with Crippen LogP contribution in [0.3, 0.4) is 0 Å². The molecule has 5 nitrogen and oxygen atoms in total. The minimum atomic E-state index is -4.57. The van der Waals surface area contributed by atoms with Crippen molar-refractivity contribution in [2.24, 2.45) is 5.92 Å². The summed E-state index contributed by atoms with van der Waals surface area (Å²) in [5.41, 5.74) is -0.655. The number of aromatic nitrogens is 1. The topological polar surface area (TPSA) is 63.2 Å². The fraction of sp³-hybridized carbons (Fsp3) is 0.571. The summed E-state index contributed by atoms with van der Waals surface area (Å²) in [6.07, 6.45) is -3.95. The SMILES string of the molecule is COCc1ccc(C(F)(F)F)nc1NC(=O)[C@@H]1C[C@H](C)[C@@H](I)N1. The van der Waals surface area contributed by atoms with E-state index in [2.05, 4.69) is 38.2 Å². The van der Waals surface area contributed by atoms with E-state index in [-0.39, 0.29) is 22.4 Å². The largest absolute Gasteiger partial charge is 0.433 e. The molecule has 1 amide bonds. The van der Waals surface area contributed by atoms with Gasteiger partial charge in [-0.3, -0.25) is 10.1 Å². The summed E-state index contributed by atoms with van der Waals surface area (Å²) in [5, 5.41) is 5.61. The number of hydrogen-bond donors (Lipinski definition) is 2. The first-order valence-electron chi connectivity index (χ1n) is 6.99. The Morgan fingerprint density at radius 2 is 2.22 bits per heavy atom. The second-order valence-electron chi connectivity index (χ2n) is 5.46. The second kappa shape index (κ2) is 7.31. The van der Waals surface area contributed by atoms with Crippen LogP contribution in [-0.2, 0) is 22.3 Å². The Hall–Kier alpha value is -0.940. The van der Waals surface area contributed by atoms with Crippen molar-refractivity contribution in [1.82, 2.24) is 10.3 Å². The third-order valence-electron chi connectivity index (χ3n) is 3.59. The van der Waals surface area contributed by atoms with Gasteiger partial charge >= 0.3 is 6.18 Å². The molecular formula is C14H17F3IN3O2. The van der Waals surface area contributed by atoms with E-state index >= 15 is 0 Å². The molecule has 23 heavy (non-hydrogen) atoms. The van der Waals surface area contributed by atoms with Gasteiger partial charge in [0.2, 0.25) is 5.91 Å². The summed E-state index contributed by atoms with van der Waals surface area (Å²) in [6.45, 7) is 2.07. The number of methoxy groups -OCH3 is 1. The number of ether oxygens (including phenoxy) is 1. The number of carbonyl (C=O) groups is 1. The highest BCUT2D eigenvalue weighted by Crippen LogP contribution is 2.30. The molecule has 1 aliphatic heterocycles. The first-order chi connectivity index (χ1) is 10.7. The number of nitrogens with zero attached hydrogens (tertiary/aromatic N) is 1. The Morgan fingerprint density at radius 1 is 1.52 bits per heavy atom. The van der Waals surface area contributed by atoms with Gasteiger partial charge in [-0.2, -0.15) is 13.2 Å². The third kappa shape index (κ3) is 4.54. The highest BCUT2D eigenvalue weighted by Gasteiger charge is 2.35. The van der Waals surface area contributed by atoms with Gasteiger partial charge in [-0.15, -0.1) is 0 Å². The maximum atomic E-state index is 12.8. The molecule has 1 aromatic rings. The van der Waals surface area contributed by atoms with E-state index in [1.807, 2.05) is 6.92 Å². The van der Waals surface area contributed by atoms with Crippen LogP contribution in [-0.4, -0.2) is 28.1 Å². The van der Waals surface area contributed by atoms with Crippen LogP contribution in [0, 0.1) is 5.92 Å². The van der Waals surface area contributed by atoms with Crippen molar-refractivity contribution in [3.8, 4) is 0 Å². The molecule has 1 aliphatic rings. The maximum Gasteiger partial charge on any atom is 0.433 e. The average molecular weight is 443 g/mol. The van der Waals surface area contributed by atoms with Gasteiger partial charge in [0.15, 0.2) is 0 Å². The number of amides is 1. The van der Waals surface area contributed by atoms with E-state index in [1.54, 1.807) is 0 Å². The van der Waals surface area contributed by atoms with Gasteiger partial charge in [-0.1, -0.05) is 35.6 Å². The number of alkyl halides is 4. The minimum Gasteiger partial charge on any atom is -0.380 e. The molecule has 0 aliphatic carbocycles. The van der Waals surface area contributed by atoms with Crippen LogP contribution >= 0.6 is 22.6 Å². The summed E-state index contributed by atoms with van der Waals surface area (Å²) in [6, 6.07) is 1.69. The van der Waals surface area contributed by atoms with Crippen LogP contribution < -0.4 is 10.6 Å². The number of nitrogens with one attached hydrogen (secondary N) is 2. The molecule has 2 N–H and O–H groups in total.